The van der Waals surface area contributed by atoms with Crippen LogP contribution in [0, 0.1) is 5.82 Å². The van der Waals surface area contributed by atoms with Crippen molar-refractivity contribution in [3.8, 4) is 0 Å². The molecular formula is C11H13BrFNOS. The van der Waals surface area contributed by atoms with E-state index in [1.807, 2.05) is 11.0 Å². The first-order valence-corrected chi connectivity index (χ1v) is 7.76. The van der Waals surface area contributed by atoms with E-state index < -0.39 is 10.8 Å². The fourth-order valence-electron chi connectivity index (χ4n) is 1.77. The van der Waals surface area contributed by atoms with Crippen molar-refractivity contribution in [2.24, 2.45) is 0 Å². The number of alkyl halides is 1. The van der Waals surface area contributed by atoms with Gasteiger partial charge in [0.1, 0.15) is 5.82 Å². The summed E-state index contributed by atoms with van der Waals surface area (Å²) in [6.45, 7) is 1.36. The highest BCUT2D eigenvalue weighted by molar-refractivity contribution is 9.08. The van der Waals surface area contributed by atoms with Crippen LogP contribution in [0.2, 0.25) is 0 Å². The number of halogens is 2. The minimum atomic E-state index is -0.719. The van der Waals surface area contributed by atoms with Gasteiger partial charge in [0.2, 0.25) is 0 Å². The van der Waals surface area contributed by atoms with Gasteiger partial charge in [0.25, 0.3) is 0 Å². The SMILES string of the molecule is O=S1CCN(c2ccc(CBr)cc2F)CC1. The Morgan fingerprint density at radius 2 is 2.06 bits per heavy atom. The molecular weight excluding hydrogens is 293 g/mol. The Balaban J connectivity index is 2.17. The predicted octanol–water partition coefficient (Wildman–Crippen LogP) is 2.29. The van der Waals surface area contributed by atoms with Crippen LogP contribution in [-0.4, -0.2) is 28.8 Å². The second kappa shape index (κ2) is 5.27. The van der Waals surface area contributed by atoms with Crippen LogP contribution in [0.25, 0.3) is 0 Å². The van der Waals surface area contributed by atoms with Crippen LogP contribution in [0.15, 0.2) is 18.2 Å². The van der Waals surface area contributed by atoms with Crippen LogP contribution in [0.5, 0.6) is 0 Å². The van der Waals surface area contributed by atoms with Gasteiger partial charge in [-0.05, 0) is 17.7 Å². The molecule has 88 valence electrons. The van der Waals surface area contributed by atoms with Gasteiger partial charge in [-0.3, -0.25) is 4.21 Å². The molecule has 1 aromatic rings. The fourth-order valence-corrected chi connectivity index (χ4v) is 3.17. The topological polar surface area (TPSA) is 20.3 Å². The molecule has 1 fully saturated rings. The Kier molecular flexibility index (Phi) is 3.97. The minimum Gasteiger partial charge on any atom is -0.367 e. The largest absolute Gasteiger partial charge is 0.367 e. The summed E-state index contributed by atoms with van der Waals surface area (Å²) < 4.78 is 25.0. The number of rotatable bonds is 2. The molecule has 0 spiro atoms. The molecule has 1 aromatic carbocycles. The van der Waals surface area contributed by atoms with Gasteiger partial charge in [0, 0.05) is 40.7 Å². The Labute approximate surface area is 105 Å². The normalized spacial score (nSPS) is 17.8. The van der Waals surface area contributed by atoms with Gasteiger partial charge in [-0.1, -0.05) is 22.0 Å². The van der Waals surface area contributed by atoms with Crippen LogP contribution in [0.1, 0.15) is 5.56 Å². The van der Waals surface area contributed by atoms with E-state index in [9.17, 15) is 8.60 Å². The van der Waals surface area contributed by atoms with Crippen LogP contribution >= 0.6 is 15.9 Å². The summed E-state index contributed by atoms with van der Waals surface area (Å²) in [5.41, 5.74) is 1.56. The highest BCUT2D eigenvalue weighted by Gasteiger charge is 2.18. The van der Waals surface area contributed by atoms with Crippen molar-refractivity contribution in [2.45, 2.75) is 5.33 Å². The molecule has 1 aliphatic heterocycles. The molecule has 1 heterocycles. The van der Waals surface area contributed by atoms with Gasteiger partial charge in [-0.25, -0.2) is 4.39 Å². The Hall–Kier alpha value is -0.420. The summed E-state index contributed by atoms with van der Waals surface area (Å²) in [6, 6.07) is 5.27. The third kappa shape index (κ3) is 2.63. The molecule has 0 unspecified atom stereocenters. The summed E-state index contributed by atoms with van der Waals surface area (Å²) >= 11 is 3.30. The average Bonchev–Trinajstić information content (AvgIpc) is 2.30. The molecule has 0 amide bonds. The number of hydrogen-bond donors (Lipinski definition) is 0. The highest BCUT2D eigenvalue weighted by atomic mass is 79.9. The van der Waals surface area contributed by atoms with Gasteiger partial charge < -0.3 is 4.90 Å². The molecule has 0 atom stereocenters. The minimum absolute atomic E-state index is 0.190. The summed E-state index contributed by atoms with van der Waals surface area (Å²) in [6.07, 6.45) is 0. The van der Waals surface area contributed by atoms with E-state index in [1.54, 1.807) is 12.1 Å². The maximum Gasteiger partial charge on any atom is 0.146 e. The lowest BCUT2D eigenvalue weighted by Crippen LogP contribution is -2.38. The van der Waals surface area contributed by atoms with E-state index >= 15 is 0 Å². The van der Waals surface area contributed by atoms with E-state index in [4.69, 9.17) is 0 Å². The molecule has 1 aliphatic rings. The van der Waals surface area contributed by atoms with Gasteiger partial charge in [0.15, 0.2) is 0 Å². The lowest BCUT2D eigenvalue weighted by molar-refractivity contribution is 0.616. The summed E-state index contributed by atoms with van der Waals surface area (Å²) in [5.74, 6) is 1.09. The van der Waals surface area contributed by atoms with Gasteiger partial charge in [0.05, 0.1) is 5.69 Å². The molecule has 2 rings (SSSR count). The van der Waals surface area contributed by atoms with Crippen molar-refractivity contribution < 1.29 is 8.60 Å². The van der Waals surface area contributed by atoms with Crippen molar-refractivity contribution in [3.05, 3.63) is 29.6 Å². The first-order valence-electron chi connectivity index (χ1n) is 5.15. The van der Waals surface area contributed by atoms with Gasteiger partial charge in [-0.2, -0.15) is 0 Å². The zero-order valence-electron chi connectivity index (χ0n) is 8.79. The Morgan fingerprint density at radius 1 is 1.38 bits per heavy atom. The summed E-state index contributed by atoms with van der Waals surface area (Å²) in [7, 11) is -0.719. The first-order chi connectivity index (χ1) is 7.70. The maximum atomic E-state index is 13.8. The second-order valence-corrected chi connectivity index (χ2v) is 6.01. The van der Waals surface area contributed by atoms with Crippen LogP contribution in [0.3, 0.4) is 0 Å². The third-order valence-corrected chi connectivity index (χ3v) is 4.61. The van der Waals surface area contributed by atoms with E-state index in [2.05, 4.69) is 15.9 Å². The zero-order valence-corrected chi connectivity index (χ0v) is 11.2. The monoisotopic (exact) mass is 305 g/mol. The molecule has 0 radical (unpaired) electrons. The first kappa shape index (κ1) is 12.0. The molecule has 2 nitrogen and oxygen atoms in total. The molecule has 0 aromatic heterocycles. The van der Waals surface area contributed by atoms with Crippen molar-refractivity contribution in [1.82, 2.24) is 0 Å². The van der Waals surface area contributed by atoms with Crippen molar-refractivity contribution in [1.29, 1.82) is 0 Å². The highest BCUT2D eigenvalue weighted by Crippen LogP contribution is 2.22. The molecule has 0 saturated carbocycles. The summed E-state index contributed by atoms with van der Waals surface area (Å²) in [4.78, 5) is 1.97. The van der Waals surface area contributed by atoms with Crippen LogP contribution in [0.4, 0.5) is 10.1 Å². The molecule has 0 N–H and O–H groups in total. The molecule has 1 saturated heterocycles. The molecule has 0 aliphatic carbocycles. The lowest BCUT2D eigenvalue weighted by atomic mass is 10.2. The smallest absolute Gasteiger partial charge is 0.146 e. The quantitative estimate of drug-likeness (QED) is 0.782. The van der Waals surface area contributed by atoms with Crippen molar-refractivity contribution >= 4 is 32.4 Å². The number of benzene rings is 1. The maximum absolute atomic E-state index is 13.8. The van der Waals surface area contributed by atoms with Gasteiger partial charge in [-0.15, -0.1) is 0 Å². The van der Waals surface area contributed by atoms with E-state index in [0.717, 1.165) is 5.56 Å². The van der Waals surface area contributed by atoms with Crippen LogP contribution in [-0.2, 0) is 16.1 Å². The second-order valence-electron chi connectivity index (χ2n) is 3.75. The van der Waals surface area contributed by atoms with E-state index in [1.165, 1.54) is 0 Å². The summed E-state index contributed by atoms with van der Waals surface area (Å²) in [5, 5.41) is 0.661. The van der Waals surface area contributed by atoms with Crippen molar-refractivity contribution in [2.75, 3.05) is 29.5 Å². The third-order valence-electron chi connectivity index (χ3n) is 2.68. The lowest BCUT2D eigenvalue weighted by Gasteiger charge is -2.28. The molecule has 16 heavy (non-hydrogen) atoms. The number of nitrogens with zero attached hydrogens (tertiary/aromatic N) is 1. The Morgan fingerprint density at radius 3 is 2.62 bits per heavy atom. The standard InChI is InChI=1S/C11H13BrFNOS/c12-8-9-1-2-11(10(13)7-9)14-3-5-16(15)6-4-14/h1-2,7H,3-6,8H2. The number of anilines is 1. The van der Waals surface area contributed by atoms with E-state index in [0.29, 0.717) is 35.6 Å². The molecule has 0 bridgehead atoms. The van der Waals surface area contributed by atoms with E-state index in [-0.39, 0.29) is 5.82 Å². The number of hydrogen-bond acceptors (Lipinski definition) is 2. The predicted molar refractivity (Wildman–Crippen MR) is 69.1 cm³/mol. The zero-order chi connectivity index (χ0) is 11.5. The van der Waals surface area contributed by atoms with Crippen molar-refractivity contribution in [3.63, 3.8) is 0 Å². The average molecular weight is 306 g/mol. The molecule has 5 heteroatoms. The van der Waals surface area contributed by atoms with Gasteiger partial charge >= 0.3 is 0 Å². The van der Waals surface area contributed by atoms with Crippen LogP contribution < -0.4 is 4.90 Å². The Bertz CT molecular complexity index is 403. The fraction of sp³-hybridized carbons (Fsp3) is 0.455.